The standard InChI is InChI=1S/C20H29N3O8S2/c1-4-10-23(17-9-11-32(27,28)14-17)19(25)13-31-20(26)12-22(3)33(29,30)18-7-5-16(6-8-18)21-15(2)24/h5-8,17H,4,9-14H2,1-3H3,(H,21,24)/t17-/m0/s1. The summed E-state index contributed by atoms with van der Waals surface area (Å²) in [5.74, 6) is -1.84. The minimum atomic E-state index is -4.01. The van der Waals surface area contributed by atoms with E-state index in [4.69, 9.17) is 4.74 Å². The van der Waals surface area contributed by atoms with Gasteiger partial charge in [0.05, 0.1) is 16.4 Å². The van der Waals surface area contributed by atoms with E-state index in [1.807, 2.05) is 6.92 Å². The van der Waals surface area contributed by atoms with Gasteiger partial charge < -0.3 is 15.0 Å². The first-order chi connectivity index (χ1) is 15.4. The summed E-state index contributed by atoms with van der Waals surface area (Å²) in [7, 11) is -6.00. The summed E-state index contributed by atoms with van der Waals surface area (Å²) < 4.78 is 54.6. The predicted octanol–water partition coefficient (Wildman–Crippen LogP) is 0.234. The van der Waals surface area contributed by atoms with Gasteiger partial charge in [-0.25, -0.2) is 16.8 Å². The Morgan fingerprint density at radius 2 is 1.82 bits per heavy atom. The molecule has 0 radical (unpaired) electrons. The first kappa shape index (κ1) is 26.7. The third-order valence-electron chi connectivity index (χ3n) is 5.03. The van der Waals surface area contributed by atoms with Crippen molar-refractivity contribution < 1.29 is 36.0 Å². The molecule has 11 nitrogen and oxygen atoms in total. The van der Waals surface area contributed by atoms with Crippen LogP contribution in [0.1, 0.15) is 26.7 Å². The molecule has 184 valence electrons. The first-order valence-electron chi connectivity index (χ1n) is 10.3. The van der Waals surface area contributed by atoms with Gasteiger partial charge in [0, 0.05) is 32.2 Å². The van der Waals surface area contributed by atoms with Crippen molar-refractivity contribution in [3.05, 3.63) is 24.3 Å². The predicted molar refractivity (Wildman–Crippen MR) is 121 cm³/mol. The van der Waals surface area contributed by atoms with Crippen molar-refractivity contribution >= 4 is 43.3 Å². The second kappa shape index (κ2) is 11.1. The van der Waals surface area contributed by atoms with E-state index in [2.05, 4.69) is 5.32 Å². The minimum Gasteiger partial charge on any atom is -0.455 e. The van der Waals surface area contributed by atoms with E-state index < -0.39 is 50.9 Å². The number of sulfone groups is 1. The molecule has 1 aliphatic heterocycles. The van der Waals surface area contributed by atoms with Crippen LogP contribution >= 0.6 is 0 Å². The zero-order valence-electron chi connectivity index (χ0n) is 18.8. The Bertz CT molecular complexity index is 1080. The third-order valence-corrected chi connectivity index (χ3v) is 8.59. The number of ether oxygens (including phenoxy) is 1. The van der Waals surface area contributed by atoms with Gasteiger partial charge >= 0.3 is 5.97 Å². The largest absolute Gasteiger partial charge is 0.455 e. The fourth-order valence-corrected chi connectivity index (χ4v) is 6.25. The number of hydrogen-bond acceptors (Lipinski definition) is 8. The molecule has 1 aliphatic rings. The van der Waals surface area contributed by atoms with E-state index in [-0.39, 0.29) is 22.3 Å². The van der Waals surface area contributed by atoms with Gasteiger partial charge in [0.15, 0.2) is 16.4 Å². The minimum absolute atomic E-state index is 0.0133. The number of amides is 2. The topological polar surface area (TPSA) is 147 Å². The van der Waals surface area contributed by atoms with E-state index in [0.717, 1.165) is 4.31 Å². The molecule has 13 heteroatoms. The lowest BCUT2D eigenvalue weighted by atomic mass is 10.2. The quantitative estimate of drug-likeness (QED) is 0.447. The first-order valence-corrected chi connectivity index (χ1v) is 13.6. The van der Waals surface area contributed by atoms with Crippen LogP contribution < -0.4 is 5.32 Å². The average Bonchev–Trinajstić information content (AvgIpc) is 3.09. The van der Waals surface area contributed by atoms with E-state index in [1.165, 1.54) is 43.1 Å². The van der Waals surface area contributed by atoms with Gasteiger partial charge in [-0.05, 0) is 37.1 Å². The Balaban J connectivity index is 1.94. The van der Waals surface area contributed by atoms with Crippen LogP contribution in [0.3, 0.4) is 0 Å². The second-order valence-corrected chi connectivity index (χ2v) is 12.0. The van der Waals surface area contributed by atoms with Gasteiger partial charge in [-0.2, -0.15) is 4.31 Å². The number of sulfonamides is 1. The van der Waals surface area contributed by atoms with Gasteiger partial charge in [-0.15, -0.1) is 0 Å². The van der Waals surface area contributed by atoms with Crippen molar-refractivity contribution in [1.82, 2.24) is 9.21 Å². The van der Waals surface area contributed by atoms with Crippen LogP contribution in [0.15, 0.2) is 29.2 Å². The molecular weight excluding hydrogens is 474 g/mol. The Morgan fingerprint density at radius 3 is 2.33 bits per heavy atom. The molecule has 1 aromatic rings. The number of anilines is 1. The normalized spacial score (nSPS) is 17.5. The van der Waals surface area contributed by atoms with Crippen LogP contribution in [-0.2, 0) is 39.0 Å². The van der Waals surface area contributed by atoms with Gasteiger partial charge in [0.1, 0.15) is 6.54 Å². The van der Waals surface area contributed by atoms with Crippen LogP contribution in [-0.4, -0.2) is 88.1 Å². The summed E-state index contributed by atoms with van der Waals surface area (Å²) >= 11 is 0. The number of carbonyl (C=O) groups is 3. The van der Waals surface area contributed by atoms with Gasteiger partial charge in [0.25, 0.3) is 5.91 Å². The highest BCUT2D eigenvalue weighted by Crippen LogP contribution is 2.19. The summed E-state index contributed by atoms with van der Waals surface area (Å²) in [6.07, 6.45) is 0.946. The molecular formula is C20H29N3O8S2. The highest BCUT2D eigenvalue weighted by Gasteiger charge is 2.34. The number of nitrogens with zero attached hydrogens (tertiary/aromatic N) is 2. The van der Waals surface area contributed by atoms with Crippen LogP contribution in [0.2, 0.25) is 0 Å². The fraction of sp³-hybridized carbons (Fsp3) is 0.550. The van der Waals surface area contributed by atoms with Gasteiger partial charge in [0.2, 0.25) is 15.9 Å². The Kier molecular flexibility index (Phi) is 8.97. The summed E-state index contributed by atoms with van der Waals surface area (Å²) in [5.41, 5.74) is 0.425. The molecule has 1 heterocycles. The van der Waals surface area contributed by atoms with E-state index >= 15 is 0 Å². The van der Waals surface area contributed by atoms with Crippen molar-refractivity contribution in [1.29, 1.82) is 0 Å². The summed E-state index contributed by atoms with van der Waals surface area (Å²) in [6.45, 7) is 2.28. The number of nitrogens with one attached hydrogen (secondary N) is 1. The number of rotatable bonds is 10. The molecule has 1 aromatic carbocycles. The maximum Gasteiger partial charge on any atom is 0.321 e. The maximum atomic E-state index is 12.7. The highest BCUT2D eigenvalue weighted by atomic mass is 32.2. The molecule has 33 heavy (non-hydrogen) atoms. The molecule has 1 saturated heterocycles. The van der Waals surface area contributed by atoms with Gasteiger partial charge in [-0.1, -0.05) is 6.92 Å². The molecule has 0 unspecified atom stereocenters. The van der Waals surface area contributed by atoms with E-state index in [1.54, 1.807) is 0 Å². The summed E-state index contributed by atoms with van der Waals surface area (Å²) in [4.78, 5) is 37.1. The van der Waals surface area contributed by atoms with E-state index in [0.29, 0.717) is 25.1 Å². The zero-order valence-corrected chi connectivity index (χ0v) is 20.4. The highest BCUT2D eigenvalue weighted by molar-refractivity contribution is 7.91. The molecule has 0 aliphatic carbocycles. The lowest BCUT2D eigenvalue weighted by Crippen LogP contribution is -2.44. The Labute approximate surface area is 194 Å². The molecule has 1 N–H and O–H groups in total. The zero-order chi connectivity index (χ0) is 24.8. The summed E-state index contributed by atoms with van der Waals surface area (Å²) in [6, 6.07) is 4.98. The van der Waals surface area contributed by atoms with Crippen LogP contribution in [0.25, 0.3) is 0 Å². The number of benzene rings is 1. The molecule has 2 amide bonds. The Hall–Kier alpha value is -2.51. The number of esters is 1. The lowest BCUT2D eigenvalue weighted by molar-refractivity contribution is -0.152. The van der Waals surface area contributed by atoms with Crippen molar-refractivity contribution in [2.45, 2.75) is 37.6 Å². The molecule has 1 fully saturated rings. The van der Waals surface area contributed by atoms with Crippen LogP contribution in [0.5, 0.6) is 0 Å². The lowest BCUT2D eigenvalue weighted by Gasteiger charge is -2.27. The fourth-order valence-electron chi connectivity index (χ4n) is 3.40. The molecule has 0 saturated carbocycles. The van der Waals surface area contributed by atoms with Gasteiger partial charge in [-0.3, -0.25) is 14.4 Å². The second-order valence-electron chi connectivity index (χ2n) is 7.77. The molecule has 0 aromatic heterocycles. The monoisotopic (exact) mass is 503 g/mol. The van der Waals surface area contributed by atoms with Crippen molar-refractivity contribution in [3.8, 4) is 0 Å². The Morgan fingerprint density at radius 1 is 1.18 bits per heavy atom. The van der Waals surface area contributed by atoms with Crippen molar-refractivity contribution in [3.63, 3.8) is 0 Å². The van der Waals surface area contributed by atoms with Crippen molar-refractivity contribution in [2.75, 3.05) is 43.6 Å². The maximum absolute atomic E-state index is 12.7. The smallest absolute Gasteiger partial charge is 0.321 e. The molecule has 2 rings (SSSR count). The van der Waals surface area contributed by atoms with Crippen LogP contribution in [0, 0.1) is 0 Å². The van der Waals surface area contributed by atoms with Crippen molar-refractivity contribution in [2.24, 2.45) is 0 Å². The van der Waals surface area contributed by atoms with E-state index in [9.17, 15) is 31.2 Å². The third kappa shape index (κ3) is 7.51. The SMILES string of the molecule is CCCN(C(=O)COC(=O)CN(C)S(=O)(=O)c1ccc(NC(C)=O)cc1)[C@H]1CCS(=O)(=O)C1. The molecule has 1 atom stereocenters. The molecule has 0 spiro atoms. The van der Waals surface area contributed by atoms with Crippen LogP contribution in [0.4, 0.5) is 5.69 Å². The summed E-state index contributed by atoms with van der Waals surface area (Å²) in [5, 5.41) is 2.52. The number of likely N-dealkylation sites (N-methyl/N-ethyl adjacent to an activating group) is 1. The molecule has 0 bridgehead atoms. The average molecular weight is 504 g/mol. The number of hydrogen-bond donors (Lipinski definition) is 1. The number of carbonyl (C=O) groups excluding carboxylic acids is 3.